The number of allylic oxidation sites excluding steroid dienone is 1. The van der Waals surface area contributed by atoms with E-state index in [1.54, 1.807) is 24.0 Å². The summed E-state index contributed by atoms with van der Waals surface area (Å²) in [7, 11) is 1.52. The second kappa shape index (κ2) is 20.9. The molecular formula is C50H59N3O9. The lowest BCUT2D eigenvalue weighted by atomic mass is 9.55. The molecule has 0 bridgehead atoms. The minimum atomic E-state index is -1.48. The average Bonchev–Trinajstić information content (AvgIpc) is 3.29. The van der Waals surface area contributed by atoms with E-state index < -0.39 is 29.9 Å². The third kappa shape index (κ3) is 9.52. The molecule has 1 aliphatic heterocycles. The van der Waals surface area contributed by atoms with Crippen LogP contribution in [0.5, 0.6) is 11.5 Å². The summed E-state index contributed by atoms with van der Waals surface area (Å²) in [5, 5.41) is 29.4. The number of carbonyl (C=O) groups excluding carboxylic acids is 2. The Labute approximate surface area is 364 Å². The van der Waals surface area contributed by atoms with Crippen LogP contribution >= 0.6 is 0 Å². The van der Waals surface area contributed by atoms with Crippen LogP contribution < -0.4 is 14.8 Å². The summed E-state index contributed by atoms with van der Waals surface area (Å²) >= 11 is 0. The molecule has 0 spiro atoms. The van der Waals surface area contributed by atoms with Gasteiger partial charge in [0.05, 0.1) is 31.4 Å². The van der Waals surface area contributed by atoms with Gasteiger partial charge in [0.2, 0.25) is 5.79 Å². The maximum atomic E-state index is 14.5. The van der Waals surface area contributed by atoms with Gasteiger partial charge in [-0.05, 0) is 90.1 Å². The lowest BCUT2D eigenvalue weighted by molar-refractivity contribution is -0.256. The fourth-order valence-electron chi connectivity index (χ4n) is 9.86. The van der Waals surface area contributed by atoms with E-state index in [4.69, 9.17) is 23.8 Å². The van der Waals surface area contributed by atoms with Crippen LogP contribution in [0.3, 0.4) is 0 Å². The number of rotatable bonds is 19. The van der Waals surface area contributed by atoms with Crippen molar-refractivity contribution >= 4 is 28.7 Å². The van der Waals surface area contributed by atoms with E-state index in [9.17, 15) is 19.8 Å². The molecule has 7 rings (SSSR count). The first-order valence-corrected chi connectivity index (χ1v) is 21.9. The Kier molecular flexibility index (Phi) is 15.0. The number of fused-ring (bicyclic) bond motifs is 3. The number of benzene rings is 4. The molecule has 2 amide bonds. The number of nitrogens with one attached hydrogen (secondary N) is 1. The second-order valence-electron chi connectivity index (χ2n) is 16.1. The van der Waals surface area contributed by atoms with Crippen LogP contribution in [0.25, 0.3) is 10.8 Å². The first kappa shape index (κ1) is 44.4. The number of aliphatic hydroxyl groups is 2. The summed E-state index contributed by atoms with van der Waals surface area (Å²) in [6.07, 6.45) is 7.47. The molecule has 4 aromatic carbocycles. The molecule has 12 nitrogen and oxygen atoms in total. The van der Waals surface area contributed by atoms with E-state index in [1.165, 1.54) is 7.11 Å². The highest BCUT2D eigenvalue weighted by molar-refractivity contribution is 6.03. The maximum absolute atomic E-state index is 14.5. The van der Waals surface area contributed by atoms with Crippen molar-refractivity contribution in [3.8, 4) is 11.5 Å². The highest BCUT2D eigenvalue weighted by Gasteiger charge is 2.65. The highest BCUT2D eigenvalue weighted by atomic mass is 16.7. The highest BCUT2D eigenvalue weighted by Crippen LogP contribution is 2.62. The number of unbranched alkanes of at least 4 members (excludes halogenated alkanes) is 2. The molecule has 3 aliphatic rings. The van der Waals surface area contributed by atoms with Crippen molar-refractivity contribution in [3.05, 3.63) is 132 Å². The zero-order valence-corrected chi connectivity index (χ0v) is 35.7. The summed E-state index contributed by atoms with van der Waals surface area (Å²) in [6, 6.07) is 28.4. The van der Waals surface area contributed by atoms with Crippen molar-refractivity contribution in [3.63, 3.8) is 0 Å². The van der Waals surface area contributed by atoms with E-state index in [1.807, 2.05) is 66.7 Å². The van der Waals surface area contributed by atoms with Crippen molar-refractivity contribution in [2.75, 3.05) is 33.5 Å². The van der Waals surface area contributed by atoms with Crippen molar-refractivity contribution in [1.82, 2.24) is 10.2 Å². The molecular weight excluding hydrogens is 787 g/mol. The van der Waals surface area contributed by atoms with Crippen LogP contribution in [0.1, 0.15) is 74.5 Å². The van der Waals surface area contributed by atoms with Gasteiger partial charge in [0, 0.05) is 37.7 Å². The predicted octanol–water partition coefficient (Wildman–Crippen LogP) is 9.05. The Balaban J connectivity index is 1.40. The summed E-state index contributed by atoms with van der Waals surface area (Å²) < 4.78 is 26.2. The Morgan fingerprint density at radius 3 is 2.48 bits per heavy atom. The fourth-order valence-corrected chi connectivity index (χ4v) is 9.86. The van der Waals surface area contributed by atoms with Crippen molar-refractivity contribution in [1.29, 1.82) is 0 Å². The lowest BCUT2D eigenvalue weighted by Crippen LogP contribution is -2.70. The quantitative estimate of drug-likeness (QED) is 0.0478. The van der Waals surface area contributed by atoms with E-state index in [0.717, 1.165) is 58.7 Å². The van der Waals surface area contributed by atoms with E-state index in [-0.39, 0.29) is 57.1 Å². The van der Waals surface area contributed by atoms with Gasteiger partial charge in [-0.25, -0.2) is 9.59 Å². The van der Waals surface area contributed by atoms with Crippen LogP contribution in [0.4, 0.5) is 9.59 Å². The number of nitrogens with zero attached hydrogens (tertiary/aromatic N) is 2. The molecule has 0 aromatic heterocycles. The lowest BCUT2D eigenvalue weighted by Gasteiger charge is -2.59. The monoisotopic (exact) mass is 845 g/mol. The van der Waals surface area contributed by atoms with Gasteiger partial charge in [0.25, 0.3) is 0 Å². The van der Waals surface area contributed by atoms with Gasteiger partial charge in [-0.3, -0.25) is 4.90 Å². The van der Waals surface area contributed by atoms with E-state index >= 15 is 0 Å². The third-order valence-electron chi connectivity index (χ3n) is 12.4. The van der Waals surface area contributed by atoms with Gasteiger partial charge in [-0.15, -0.1) is 6.58 Å². The zero-order valence-electron chi connectivity index (χ0n) is 35.7. The number of hydrogen-bond acceptors (Lipinski definition) is 10. The first-order chi connectivity index (χ1) is 30.3. The Bertz CT molecular complexity index is 2220. The minimum absolute atomic E-state index is 0.0119. The summed E-state index contributed by atoms with van der Waals surface area (Å²) in [6.45, 7) is 6.72. The SMILES string of the molecule is C=CCO[C@@]12Oc3ccc(OC(=O)NCc4ccccc4)cc3[C@H]3[C@H](CCCCO)[C@@H](CCCCO)C=C(C(=NOC)C[C@@H]1N(Cc1cccc4ccccc14)C(=O)OCC)[C@H]32. The van der Waals surface area contributed by atoms with Crippen LogP contribution in [0.2, 0.25) is 0 Å². The number of carbonyl (C=O) groups is 2. The number of hydrogen-bond donors (Lipinski definition) is 3. The molecule has 1 saturated carbocycles. The summed E-state index contributed by atoms with van der Waals surface area (Å²) in [4.78, 5) is 35.1. The number of aliphatic hydroxyl groups excluding tert-OH is 2. The zero-order chi connectivity index (χ0) is 43.5. The van der Waals surface area contributed by atoms with Crippen LogP contribution in [0.15, 0.2) is 120 Å². The number of oxime groups is 1. The fraction of sp³-hybridized carbons (Fsp3) is 0.420. The first-order valence-electron chi connectivity index (χ1n) is 21.9. The van der Waals surface area contributed by atoms with E-state index in [0.29, 0.717) is 36.6 Å². The number of ether oxygens (including phenoxy) is 4. The van der Waals surface area contributed by atoms with Crippen LogP contribution in [0, 0.1) is 17.8 Å². The molecule has 4 aromatic rings. The van der Waals surface area contributed by atoms with Gasteiger partial charge in [-0.2, -0.15) is 0 Å². The maximum Gasteiger partial charge on any atom is 0.412 e. The molecule has 3 N–H and O–H groups in total. The molecule has 2 aliphatic carbocycles. The molecule has 0 radical (unpaired) electrons. The summed E-state index contributed by atoms with van der Waals surface area (Å²) in [5.41, 5.74) is 4.27. The third-order valence-corrected chi connectivity index (χ3v) is 12.4. The molecule has 12 heteroatoms. The van der Waals surface area contributed by atoms with Crippen LogP contribution in [-0.4, -0.2) is 78.4 Å². The largest absolute Gasteiger partial charge is 0.459 e. The molecule has 328 valence electrons. The standard InChI is InChI=1S/C50H59N3O9/c1-4-28-60-50-45(53(49(57)59-5-2)33-37-21-15-20-35-18-9-10-22-39(35)37)31-43(52-58-3)41-29-36(19-11-13-26-54)40(23-12-14-27-55)46(47(41)50)42-30-38(24-25-44(42)62-50)61-48(56)51-32-34-16-7-6-8-17-34/h4,6-10,15-18,20-22,24-25,29-30,36,40,45-47,54-55H,1,5,11-14,19,23,26-28,31-33H2,2-3H3,(H,51,56)/t36-,40+,45-,46+,47+,50+/m0/s1. The second-order valence-corrected chi connectivity index (χ2v) is 16.1. The smallest absolute Gasteiger partial charge is 0.412 e. The van der Waals surface area contributed by atoms with Gasteiger partial charge in [-0.1, -0.05) is 103 Å². The van der Waals surface area contributed by atoms with Gasteiger partial charge >= 0.3 is 12.2 Å². The normalized spacial score (nSPS) is 23.0. The topological polar surface area (TPSA) is 148 Å². The van der Waals surface area contributed by atoms with Crippen molar-refractivity contribution in [2.45, 2.75) is 82.7 Å². The average molecular weight is 846 g/mol. The van der Waals surface area contributed by atoms with E-state index in [2.05, 4.69) is 41.3 Å². The molecule has 1 heterocycles. The molecule has 0 saturated heterocycles. The number of amides is 2. The minimum Gasteiger partial charge on any atom is -0.459 e. The Hall–Kier alpha value is -5.69. The summed E-state index contributed by atoms with van der Waals surface area (Å²) in [5.74, 6) is -1.41. The van der Waals surface area contributed by atoms with Crippen molar-refractivity contribution in [2.24, 2.45) is 22.9 Å². The van der Waals surface area contributed by atoms with Gasteiger partial charge < -0.3 is 39.3 Å². The molecule has 62 heavy (non-hydrogen) atoms. The molecule has 1 fully saturated rings. The van der Waals surface area contributed by atoms with Gasteiger partial charge in [0.15, 0.2) is 0 Å². The Morgan fingerprint density at radius 2 is 1.73 bits per heavy atom. The predicted molar refractivity (Wildman–Crippen MR) is 238 cm³/mol. The Morgan fingerprint density at radius 1 is 0.968 bits per heavy atom. The molecule has 0 unspecified atom stereocenters. The van der Waals surface area contributed by atoms with Crippen LogP contribution in [-0.2, 0) is 27.4 Å². The van der Waals surface area contributed by atoms with Gasteiger partial charge in [0.1, 0.15) is 24.7 Å². The van der Waals surface area contributed by atoms with Crippen molar-refractivity contribution < 1.29 is 43.6 Å². The molecule has 6 atom stereocenters.